The molecule has 0 spiro atoms. The SMILES string of the molecule is CN(CCN(C)C1CCC(c2ccc3[nH]c(=O)oc3c2)CC1)c1ccccc1. The lowest BCUT2D eigenvalue weighted by molar-refractivity contribution is 0.186. The molecule has 148 valence electrons. The predicted molar refractivity (Wildman–Crippen MR) is 114 cm³/mol. The van der Waals surface area contributed by atoms with E-state index in [4.69, 9.17) is 4.42 Å². The first-order chi connectivity index (χ1) is 13.6. The summed E-state index contributed by atoms with van der Waals surface area (Å²) >= 11 is 0. The van der Waals surface area contributed by atoms with E-state index in [1.165, 1.54) is 36.9 Å². The van der Waals surface area contributed by atoms with Crippen LogP contribution in [0, 0.1) is 0 Å². The van der Waals surface area contributed by atoms with E-state index in [2.05, 4.69) is 65.3 Å². The summed E-state index contributed by atoms with van der Waals surface area (Å²) in [4.78, 5) is 18.9. The molecule has 5 nitrogen and oxygen atoms in total. The molecule has 1 fully saturated rings. The number of anilines is 1. The zero-order valence-electron chi connectivity index (χ0n) is 16.7. The Morgan fingerprint density at radius 2 is 1.75 bits per heavy atom. The molecule has 0 amide bonds. The lowest BCUT2D eigenvalue weighted by Crippen LogP contribution is -2.39. The predicted octanol–water partition coefficient (Wildman–Crippen LogP) is 4.22. The third-order valence-electron chi connectivity index (χ3n) is 6.22. The maximum Gasteiger partial charge on any atom is 0.417 e. The first kappa shape index (κ1) is 18.8. The van der Waals surface area contributed by atoms with Crippen molar-refractivity contribution in [2.75, 3.05) is 32.1 Å². The van der Waals surface area contributed by atoms with Crippen molar-refractivity contribution in [3.63, 3.8) is 0 Å². The van der Waals surface area contributed by atoms with Crippen molar-refractivity contribution in [3.05, 3.63) is 64.6 Å². The number of aromatic nitrogens is 1. The molecular formula is C23H29N3O2. The van der Waals surface area contributed by atoms with Crippen molar-refractivity contribution >= 4 is 16.8 Å². The summed E-state index contributed by atoms with van der Waals surface area (Å²) < 4.78 is 5.23. The molecule has 1 heterocycles. The average Bonchev–Trinajstić information content (AvgIpc) is 3.11. The van der Waals surface area contributed by atoms with Gasteiger partial charge in [0.05, 0.1) is 5.52 Å². The molecule has 4 rings (SSSR count). The van der Waals surface area contributed by atoms with E-state index in [1.54, 1.807) is 0 Å². The summed E-state index contributed by atoms with van der Waals surface area (Å²) in [6.07, 6.45) is 4.80. The Kier molecular flexibility index (Phi) is 5.53. The van der Waals surface area contributed by atoms with E-state index in [0.29, 0.717) is 17.5 Å². The highest BCUT2D eigenvalue weighted by atomic mass is 16.4. The minimum absolute atomic E-state index is 0.377. The second-order valence-electron chi connectivity index (χ2n) is 8.01. The number of fused-ring (bicyclic) bond motifs is 1. The number of benzene rings is 2. The third kappa shape index (κ3) is 4.14. The van der Waals surface area contributed by atoms with Crippen LogP contribution in [-0.2, 0) is 0 Å². The molecule has 0 aliphatic heterocycles. The fraction of sp³-hybridized carbons (Fsp3) is 0.435. The fourth-order valence-corrected chi connectivity index (χ4v) is 4.37. The van der Waals surface area contributed by atoms with Gasteiger partial charge in [0.25, 0.3) is 0 Å². The van der Waals surface area contributed by atoms with Crippen LogP contribution in [0.2, 0.25) is 0 Å². The van der Waals surface area contributed by atoms with Crippen molar-refractivity contribution in [3.8, 4) is 0 Å². The molecule has 1 aliphatic carbocycles. The van der Waals surface area contributed by atoms with Crippen molar-refractivity contribution in [2.45, 2.75) is 37.6 Å². The van der Waals surface area contributed by atoms with E-state index in [0.717, 1.165) is 18.6 Å². The van der Waals surface area contributed by atoms with E-state index >= 15 is 0 Å². The molecule has 0 radical (unpaired) electrons. The van der Waals surface area contributed by atoms with Crippen LogP contribution in [0.3, 0.4) is 0 Å². The van der Waals surface area contributed by atoms with E-state index in [9.17, 15) is 4.79 Å². The number of likely N-dealkylation sites (N-methyl/N-ethyl adjacent to an activating group) is 2. The lowest BCUT2D eigenvalue weighted by Gasteiger charge is -2.35. The van der Waals surface area contributed by atoms with Crippen LogP contribution >= 0.6 is 0 Å². The summed E-state index contributed by atoms with van der Waals surface area (Å²) in [5.41, 5.74) is 4.02. The molecule has 28 heavy (non-hydrogen) atoms. The quantitative estimate of drug-likeness (QED) is 0.697. The van der Waals surface area contributed by atoms with Gasteiger partial charge in [0.15, 0.2) is 5.58 Å². The maximum atomic E-state index is 11.4. The summed E-state index contributed by atoms with van der Waals surface area (Å²) in [5.74, 6) is 0.180. The van der Waals surface area contributed by atoms with Crippen LogP contribution in [0.1, 0.15) is 37.2 Å². The number of nitrogens with one attached hydrogen (secondary N) is 1. The van der Waals surface area contributed by atoms with Crippen LogP contribution in [-0.4, -0.2) is 43.1 Å². The molecule has 0 atom stereocenters. The summed E-state index contributed by atoms with van der Waals surface area (Å²) in [5, 5.41) is 0. The van der Waals surface area contributed by atoms with Crippen molar-refractivity contribution < 1.29 is 4.42 Å². The zero-order valence-corrected chi connectivity index (χ0v) is 16.7. The van der Waals surface area contributed by atoms with Gasteiger partial charge >= 0.3 is 5.76 Å². The highest BCUT2D eigenvalue weighted by Gasteiger charge is 2.25. The smallest absolute Gasteiger partial charge is 0.408 e. The first-order valence-corrected chi connectivity index (χ1v) is 10.2. The van der Waals surface area contributed by atoms with Gasteiger partial charge < -0.3 is 14.2 Å². The van der Waals surface area contributed by atoms with Gasteiger partial charge in [0, 0.05) is 31.9 Å². The number of hydrogen-bond donors (Lipinski definition) is 1. The topological polar surface area (TPSA) is 52.5 Å². The molecule has 0 saturated heterocycles. The number of H-pyrrole nitrogens is 1. The number of nitrogens with zero attached hydrogens (tertiary/aromatic N) is 2. The Morgan fingerprint density at radius 1 is 1.00 bits per heavy atom. The Bertz CT molecular complexity index is 955. The second kappa shape index (κ2) is 8.23. The molecule has 3 aromatic rings. The number of oxazole rings is 1. The lowest BCUT2D eigenvalue weighted by atomic mass is 9.81. The maximum absolute atomic E-state index is 11.4. The minimum atomic E-state index is -0.377. The van der Waals surface area contributed by atoms with Crippen LogP contribution in [0.4, 0.5) is 5.69 Å². The number of hydrogen-bond acceptors (Lipinski definition) is 4. The summed E-state index contributed by atoms with van der Waals surface area (Å²) in [7, 11) is 4.42. The molecule has 1 aromatic heterocycles. The fourth-order valence-electron chi connectivity index (χ4n) is 4.37. The molecule has 1 N–H and O–H groups in total. The van der Waals surface area contributed by atoms with E-state index < -0.39 is 0 Å². The highest BCUT2D eigenvalue weighted by molar-refractivity contribution is 5.72. The molecular weight excluding hydrogens is 350 g/mol. The Morgan fingerprint density at radius 3 is 2.50 bits per heavy atom. The number of rotatable bonds is 6. The van der Waals surface area contributed by atoms with Gasteiger partial charge in [-0.3, -0.25) is 4.98 Å². The van der Waals surface area contributed by atoms with Crippen molar-refractivity contribution in [2.24, 2.45) is 0 Å². The monoisotopic (exact) mass is 379 g/mol. The van der Waals surface area contributed by atoms with Gasteiger partial charge in [-0.05, 0) is 68.5 Å². The van der Waals surface area contributed by atoms with Crippen LogP contribution in [0.25, 0.3) is 11.1 Å². The summed E-state index contributed by atoms with van der Waals surface area (Å²) in [6, 6.07) is 17.3. The van der Waals surface area contributed by atoms with Crippen LogP contribution in [0.15, 0.2) is 57.7 Å². The average molecular weight is 380 g/mol. The minimum Gasteiger partial charge on any atom is -0.408 e. The summed E-state index contributed by atoms with van der Waals surface area (Å²) in [6.45, 7) is 2.10. The number of aromatic amines is 1. The van der Waals surface area contributed by atoms with Crippen molar-refractivity contribution in [1.82, 2.24) is 9.88 Å². The Balaban J connectivity index is 1.29. The van der Waals surface area contributed by atoms with Gasteiger partial charge in [0.1, 0.15) is 0 Å². The van der Waals surface area contributed by atoms with E-state index in [-0.39, 0.29) is 5.76 Å². The van der Waals surface area contributed by atoms with Gasteiger partial charge in [-0.15, -0.1) is 0 Å². The van der Waals surface area contributed by atoms with E-state index in [1.807, 2.05) is 12.1 Å². The highest BCUT2D eigenvalue weighted by Crippen LogP contribution is 2.35. The first-order valence-electron chi connectivity index (χ1n) is 10.2. The second-order valence-corrected chi connectivity index (χ2v) is 8.01. The van der Waals surface area contributed by atoms with Gasteiger partial charge in [-0.25, -0.2) is 4.79 Å². The molecule has 2 aromatic carbocycles. The zero-order chi connectivity index (χ0) is 19.5. The molecule has 1 aliphatic rings. The van der Waals surface area contributed by atoms with Crippen molar-refractivity contribution in [1.29, 1.82) is 0 Å². The normalized spacial score (nSPS) is 20.0. The molecule has 0 unspecified atom stereocenters. The standard InChI is InChI=1S/C23H29N3O2/c1-25(19-6-4-3-5-7-19)14-15-26(2)20-11-8-17(9-12-20)18-10-13-21-22(16-18)28-23(27)24-21/h3-7,10,13,16-17,20H,8-9,11-12,14-15H2,1-2H3,(H,24,27). The van der Waals surface area contributed by atoms with Gasteiger partial charge in [0.2, 0.25) is 0 Å². The Hall–Kier alpha value is -2.53. The molecule has 1 saturated carbocycles. The van der Waals surface area contributed by atoms with Gasteiger partial charge in [-0.1, -0.05) is 24.3 Å². The largest absolute Gasteiger partial charge is 0.417 e. The number of para-hydroxylation sites is 1. The van der Waals surface area contributed by atoms with Gasteiger partial charge in [-0.2, -0.15) is 0 Å². The van der Waals surface area contributed by atoms with Crippen LogP contribution in [0.5, 0.6) is 0 Å². The third-order valence-corrected chi connectivity index (χ3v) is 6.22. The molecule has 0 bridgehead atoms. The molecule has 5 heteroatoms. The Labute approximate surface area is 166 Å². The van der Waals surface area contributed by atoms with Crippen LogP contribution < -0.4 is 10.7 Å².